The van der Waals surface area contributed by atoms with Gasteiger partial charge in [-0.05, 0) is 47.0 Å². The zero-order valence-corrected chi connectivity index (χ0v) is 15.3. The number of Topliss-reactive ketones (excluding diaryl/α,β-unsaturated/α-hetero) is 1. The molecule has 1 aromatic carbocycles. The smallest absolute Gasteiger partial charge is 0.313 e. The molecule has 24 heavy (non-hydrogen) atoms. The van der Waals surface area contributed by atoms with Gasteiger partial charge in [-0.3, -0.25) is 9.59 Å². The fourth-order valence-electron chi connectivity index (χ4n) is 4.24. The zero-order chi connectivity index (χ0) is 17.5. The van der Waals surface area contributed by atoms with Crippen molar-refractivity contribution in [3.63, 3.8) is 0 Å². The Bertz CT molecular complexity index is 702. The number of carboxylic acid groups (broad SMARTS) is 1. The monoisotopic (exact) mass is 344 g/mol. The summed E-state index contributed by atoms with van der Waals surface area (Å²) < 4.78 is 0. The van der Waals surface area contributed by atoms with E-state index in [4.69, 9.17) is 5.11 Å². The number of hydrogen-bond donors (Lipinski definition) is 1. The number of allylic oxidation sites excluding steroid dienone is 1. The Labute approximate surface area is 147 Å². The fourth-order valence-corrected chi connectivity index (χ4v) is 4.94. The molecule has 1 aromatic rings. The second-order valence-electron chi connectivity index (χ2n) is 7.70. The topological polar surface area (TPSA) is 54.4 Å². The highest BCUT2D eigenvalue weighted by Gasteiger charge is 2.63. The Hall–Kier alpha value is -1.55. The zero-order valence-electron chi connectivity index (χ0n) is 14.5. The van der Waals surface area contributed by atoms with Crippen molar-refractivity contribution in [1.29, 1.82) is 0 Å². The van der Waals surface area contributed by atoms with Crippen LogP contribution in [0.3, 0.4) is 0 Å². The van der Waals surface area contributed by atoms with Gasteiger partial charge in [0.1, 0.15) is 0 Å². The molecule has 0 aliphatic heterocycles. The molecule has 0 radical (unpaired) electrons. The lowest BCUT2D eigenvalue weighted by atomic mass is 9.70. The van der Waals surface area contributed by atoms with E-state index in [1.54, 1.807) is 0 Å². The molecule has 0 aromatic heterocycles. The van der Waals surface area contributed by atoms with Gasteiger partial charge < -0.3 is 5.11 Å². The van der Waals surface area contributed by atoms with Crippen LogP contribution in [0.4, 0.5) is 0 Å². The lowest BCUT2D eigenvalue weighted by molar-refractivity contribution is -0.134. The maximum absolute atomic E-state index is 12.9. The van der Waals surface area contributed by atoms with Crippen molar-refractivity contribution < 1.29 is 14.7 Å². The molecule has 2 bridgehead atoms. The van der Waals surface area contributed by atoms with E-state index >= 15 is 0 Å². The number of carboxylic acids is 1. The summed E-state index contributed by atoms with van der Waals surface area (Å²) in [5.74, 6) is 0.712. The minimum absolute atomic E-state index is 0.0450. The van der Waals surface area contributed by atoms with E-state index in [0.717, 1.165) is 29.5 Å². The molecule has 0 amide bonds. The molecule has 0 spiro atoms. The van der Waals surface area contributed by atoms with Crippen LogP contribution in [0.15, 0.2) is 29.8 Å². The summed E-state index contributed by atoms with van der Waals surface area (Å²) in [4.78, 5) is 23.4. The summed E-state index contributed by atoms with van der Waals surface area (Å²) in [5.41, 5.74) is 2.98. The van der Waals surface area contributed by atoms with Crippen molar-refractivity contribution in [3.8, 4) is 0 Å². The molecule has 2 aliphatic rings. The number of thioether (sulfide) groups is 1. The summed E-state index contributed by atoms with van der Waals surface area (Å²) in [7, 11) is 0. The average Bonchev–Trinajstić information content (AvgIpc) is 2.83. The Morgan fingerprint density at radius 3 is 2.50 bits per heavy atom. The molecule has 2 unspecified atom stereocenters. The van der Waals surface area contributed by atoms with E-state index in [1.165, 1.54) is 11.8 Å². The fraction of sp³-hybridized carbons (Fsp3) is 0.500. The quantitative estimate of drug-likeness (QED) is 0.804. The lowest BCUT2D eigenvalue weighted by Gasteiger charge is -2.31. The SMILES string of the molecule is CC12CCC(C(=Cc3ccc(CSCC(=O)O)cc3)C1=O)C2(C)C. The van der Waals surface area contributed by atoms with Crippen LogP contribution < -0.4 is 0 Å². The van der Waals surface area contributed by atoms with Crippen LogP contribution in [-0.2, 0) is 15.3 Å². The van der Waals surface area contributed by atoms with E-state index in [1.807, 2.05) is 24.3 Å². The molecule has 0 saturated heterocycles. The van der Waals surface area contributed by atoms with Gasteiger partial charge in [0.15, 0.2) is 5.78 Å². The second-order valence-corrected chi connectivity index (χ2v) is 8.69. The molecule has 4 heteroatoms. The third-order valence-corrected chi connectivity index (χ3v) is 7.15. The number of carbonyl (C=O) groups excluding carboxylic acids is 1. The number of rotatable bonds is 5. The van der Waals surface area contributed by atoms with Crippen LogP contribution in [-0.4, -0.2) is 22.6 Å². The van der Waals surface area contributed by atoms with Crippen LogP contribution in [0.2, 0.25) is 0 Å². The number of carbonyl (C=O) groups is 2. The van der Waals surface area contributed by atoms with E-state index < -0.39 is 5.97 Å². The second kappa shape index (κ2) is 6.07. The van der Waals surface area contributed by atoms with Crippen LogP contribution in [0, 0.1) is 16.7 Å². The first kappa shape index (κ1) is 17.3. The van der Waals surface area contributed by atoms with Crippen LogP contribution >= 0.6 is 11.8 Å². The molecule has 1 N–H and O–H groups in total. The molecular formula is C20H24O3S. The van der Waals surface area contributed by atoms with Gasteiger partial charge in [-0.2, -0.15) is 0 Å². The van der Waals surface area contributed by atoms with Gasteiger partial charge in [0, 0.05) is 11.2 Å². The Morgan fingerprint density at radius 2 is 1.96 bits per heavy atom. The summed E-state index contributed by atoms with van der Waals surface area (Å²) >= 11 is 1.39. The number of aliphatic carboxylic acids is 1. The molecule has 2 aliphatic carbocycles. The number of hydrogen-bond acceptors (Lipinski definition) is 3. The highest BCUT2D eigenvalue weighted by atomic mass is 32.2. The summed E-state index contributed by atoms with van der Waals surface area (Å²) in [6.45, 7) is 6.58. The minimum atomic E-state index is -0.785. The van der Waals surface area contributed by atoms with E-state index in [0.29, 0.717) is 17.5 Å². The first-order valence-electron chi connectivity index (χ1n) is 8.40. The van der Waals surface area contributed by atoms with Gasteiger partial charge in [0.05, 0.1) is 5.75 Å². The first-order valence-corrected chi connectivity index (χ1v) is 9.56. The van der Waals surface area contributed by atoms with Gasteiger partial charge in [0.25, 0.3) is 0 Å². The third kappa shape index (κ3) is 2.71. The Balaban J connectivity index is 1.76. The highest BCUT2D eigenvalue weighted by Crippen LogP contribution is 2.65. The predicted molar refractivity (Wildman–Crippen MR) is 97.8 cm³/mol. The number of fused-ring (bicyclic) bond motifs is 2. The number of ketones is 1. The lowest BCUT2D eigenvalue weighted by Crippen LogP contribution is -2.32. The minimum Gasteiger partial charge on any atom is -0.481 e. The first-order chi connectivity index (χ1) is 11.3. The predicted octanol–water partition coefficient (Wildman–Crippen LogP) is 4.41. The largest absolute Gasteiger partial charge is 0.481 e. The third-order valence-electron chi connectivity index (χ3n) is 6.16. The molecule has 2 saturated carbocycles. The van der Waals surface area contributed by atoms with Crippen molar-refractivity contribution in [3.05, 3.63) is 41.0 Å². The van der Waals surface area contributed by atoms with Gasteiger partial charge in [-0.25, -0.2) is 0 Å². The van der Waals surface area contributed by atoms with E-state index in [-0.39, 0.29) is 16.6 Å². The summed E-state index contributed by atoms with van der Waals surface area (Å²) in [6, 6.07) is 8.09. The molecule has 2 fully saturated rings. The Kier molecular flexibility index (Phi) is 4.37. The highest BCUT2D eigenvalue weighted by molar-refractivity contribution is 7.99. The van der Waals surface area contributed by atoms with Gasteiger partial charge >= 0.3 is 5.97 Å². The normalized spacial score (nSPS) is 29.4. The molecule has 2 atom stereocenters. The average molecular weight is 344 g/mol. The standard InChI is InChI=1S/C20H24O3S/c1-19(2)16-8-9-20(19,3)18(23)15(16)10-13-4-6-14(7-5-13)11-24-12-17(21)22/h4-7,10,16H,8-9,11-12H2,1-3H3,(H,21,22). The number of benzene rings is 1. The van der Waals surface area contributed by atoms with Gasteiger partial charge in [-0.15, -0.1) is 11.8 Å². The van der Waals surface area contributed by atoms with E-state index in [9.17, 15) is 9.59 Å². The van der Waals surface area contributed by atoms with Crippen molar-refractivity contribution in [2.24, 2.45) is 16.7 Å². The van der Waals surface area contributed by atoms with Crippen LogP contribution in [0.1, 0.15) is 44.7 Å². The summed E-state index contributed by atoms with van der Waals surface area (Å²) in [6.07, 6.45) is 4.17. The summed E-state index contributed by atoms with van der Waals surface area (Å²) in [5, 5.41) is 8.67. The van der Waals surface area contributed by atoms with E-state index in [2.05, 4.69) is 26.8 Å². The molecule has 128 valence electrons. The molecule has 3 nitrogen and oxygen atoms in total. The van der Waals surface area contributed by atoms with Crippen LogP contribution in [0.5, 0.6) is 0 Å². The van der Waals surface area contributed by atoms with Crippen molar-refractivity contribution in [1.82, 2.24) is 0 Å². The van der Waals surface area contributed by atoms with Gasteiger partial charge in [-0.1, -0.05) is 45.0 Å². The molecule has 0 heterocycles. The Morgan fingerprint density at radius 1 is 1.29 bits per heavy atom. The maximum atomic E-state index is 12.9. The van der Waals surface area contributed by atoms with Crippen LogP contribution in [0.25, 0.3) is 6.08 Å². The molecule has 3 rings (SSSR count). The molecular weight excluding hydrogens is 320 g/mol. The van der Waals surface area contributed by atoms with Gasteiger partial charge in [0.2, 0.25) is 0 Å². The van der Waals surface area contributed by atoms with Crippen molar-refractivity contribution >= 4 is 29.6 Å². The van der Waals surface area contributed by atoms with Crippen molar-refractivity contribution in [2.45, 2.75) is 39.4 Å². The maximum Gasteiger partial charge on any atom is 0.313 e. The van der Waals surface area contributed by atoms with Crippen molar-refractivity contribution in [2.75, 3.05) is 5.75 Å².